The maximum absolute atomic E-state index is 6.00. The number of benzene rings is 2. The molecular weight excluding hydrogens is 316 g/mol. The van der Waals surface area contributed by atoms with Crippen LogP contribution < -0.4 is 10.6 Å². The normalized spacial score (nSPS) is 14.1. The van der Waals surface area contributed by atoms with Gasteiger partial charge in [-0.2, -0.15) is 0 Å². The van der Waals surface area contributed by atoms with Crippen LogP contribution in [-0.2, 0) is 0 Å². The molecule has 1 aliphatic heterocycles. The highest BCUT2D eigenvalue weighted by atomic mass is 32.1. The average molecular weight is 338 g/mol. The van der Waals surface area contributed by atoms with Crippen LogP contribution in [0.3, 0.4) is 0 Å². The molecule has 1 saturated heterocycles. The van der Waals surface area contributed by atoms with E-state index in [1.165, 1.54) is 19.3 Å². The van der Waals surface area contributed by atoms with Crippen LogP contribution in [0.5, 0.6) is 0 Å². The van der Waals surface area contributed by atoms with Crippen LogP contribution in [0, 0.1) is 0 Å². The van der Waals surface area contributed by atoms with E-state index >= 15 is 0 Å². The second kappa shape index (κ2) is 8.02. The zero-order chi connectivity index (χ0) is 16.8. The summed E-state index contributed by atoms with van der Waals surface area (Å²) in [5.41, 5.74) is 7.79. The number of aromatic nitrogens is 2. The third-order valence-electron chi connectivity index (χ3n) is 3.99. The smallest absolute Gasteiger partial charge is 0.172 e. The molecule has 124 valence electrons. The molecule has 0 atom stereocenters. The summed E-state index contributed by atoms with van der Waals surface area (Å²) in [7, 11) is 0. The first kappa shape index (κ1) is 16.6. The SMILES string of the molecule is Nc1nc2ccccc2nc1N1CCCCC1.Sc1ccccc1. The lowest BCUT2D eigenvalue weighted by atomic mass is 10.1. The van der Waals surface area contributed by atoms with Crippen LogP contribution in [0.1, 0.15) is 19.3 Å². The standard InChI is InChI=1S/C13H16N4.C6H6S/c14-12-13(17-8-4-1-5-9-17)16-11-7-3-2-6-10(11)15-12;7-6-4-2-1-3-5-6/h2-3,6-7H,1,4-5,8-9H2,(H2,14,15);1-5,7H. The van der Waals surface area contributed by atoms with Crippen molar-refractivity contribution in [3.8, 4) is 0 Å². The lowest BCUT2D eigenvalue weighted by Crippen LogP contribution is -2.31. The first-order chi connectivity index (χ1) is 11.7. The van der Waals surface area contributed by atoms with Gasteiger partial charge in [-0.3, -0.25) is 0 Å². The first-order valence-electron chi connectivity index (χ1n) is 8.25. The van der Waals surface area contributed by atoms with Crippen molar-refractivity contribution in [2.24, 2.45) is 0 Å². The molecule has 1 aliphatic rings. The number of thiol groups is 1. The van der Waals surface area contributed by atoms with Gasteiger partial charge in [-0.15, -0.1) is 12.6 Å². The molecule has 0 bridgehead atoms. The van der Waals surface area contributed by atoms with E-state index in [-0.39, 0.29) is 0 Å². The molecule has 2 heterocycles. The van der Waals surface area contributed by atoms with Crippen molar-refractivity contribution < 1.29 is 0 Å². The minimum Gasteiger partial charge on any atom is -0.381 e. The number of nitrogen functional groups attached to an aromatic ring is 1. The van der Waals surface area contributed by atoms with Gasteiger partial charge in [-0.25, -0.2) is 9.97 Å². The Morgan fingerprint density at radius 2 is 1.38 bits per heavy atom. The van der Waals surface area contributed by atoms with Crippen molar-refractivity contribution in [3.63, 3.8) is 0 Å². The van der Waals surface area contributed by atoms with Crippen LogP contribution >= 0.6 is 12.6 Å². The Kier molecular flexibility index (Phi) is 5.54. The molecule has 0 aliphatic carbocycles. The van der Waals surface area contributed by atoms with E-state index in [1.54, 1.807) is 0 Å². The van der Waals surface area contributed by atoms with Gasteiger partial charge < -0.3 is 10.6 Å². The van der Waals surface area contributed by atoms with Crippen LogP contribution in [0.2, 0.25) is 0 Å². The third kappa shape index (κ3) is 4.17. The molecule has 2 N–H and O–H groups in total. The Morgan fingerprint density at radius 3 is 1.96 bits per heavy atom. The summed E-state index contributed by atoms with van der Waals surface area (Å²) in [5, 5.41) is 0. The molecule has 5 heteroatoms. The Morgan fingerprint density at radius 1 is 0.792 bits per heavy atom. The number of rotatable bonds is 1. The number of fused-ring (bicyclic) bond motifs is 1. The molecule has 24 heavy (non-hydrogen) atoms. The number of nitrogens with two attached hydrogens (primary N) is 1. The molecule has 0 unspecified atom stereocenters. The monoisotopic (exact) mass is 338 g/mol. The summed E-state index contributed by atoms with van der Waals surface area (Å²) in [6.07, 6.45) is 3.74. The van der Waals surface area contributed by atoms with E-state index in [0.29, 0.717) is 5.82 Å². The van der Waals surface area contributed by atoms with E-state index in [9.17, 15) is 0 Å². The Balaban J connectivity index is 0.000000203. The molecule has 3 aromatic rings. The van der Waals surface area contributed by atoms with Gasteiger partial charge in [0.2, 0.25) is 0 Å². The zero-order valence-electron chi connectivity index (χ0n) is 13.6. The predicted octanol–water partition coefficient (Wildman–Crippen LogP) is 4.18. The molecule has 0 radical (unpaired) electrons. The van der Waals surface area contributed by atoms with Gasteiger partial charge in [0.1, 0.15) is 0 Å². The summed E-state index contributed by atoms with van der Waals surface area (Å²) in [4.78, 5) is 12.3. The molecule has 4 nitrogen and oxygen atoms in total. The fraction of sp³-hybridized carbons (Fsp3) is 0.263. The largest absolute Gasteiger partial charge is 0.381 e. The number of nitrogens with zero attached hydrogens (tertiary/aromatic N) is 3. The molecule has 4 rings (SSSR count). The molecule has 2 aromatic carbocycles. The van der Waals surface area contributed by atoms with Crippen LogP contribution in [0.4, 0.5) is 11.6 Å². The molecule has 0 saturated carbocycles. The fourth-order valence-electron chi connectivity index (χ4n) is 2.77. The predicted molar refractivity (Wildman–Crippen MR) is 104 cm³/mol. The number of hydrogen-bond donors (Lipinski definition) is 2. The van der Waals surface area contributed by atoms with Gasteiger partial charge in [0.25, 0.3) is 0 Å². The second-order valence-electron chi connectivity index (χ2n) is 5.80. The zero-order valence-corrected chi connectivity index (χ0v) is 14.5. The van der Waals surface area contributed by atoms with Gasteiger partial charge in [-0.1, -0.05) is 30.3 Å². The quantitative estimate of drug-likeness (QED) is 0.654. The number of piperidine rings is 1. The summed E-state index contributed by atoms with van der Waals surface area (Å²) in [6.45, 7) is 2.08. The van der Waals surface area contributed by atoms with Crippen molar-refractivity contribution in [1.82, 2.24) is 9.97 Å². The van der Waals surface area contributed by atoms with Crippen molar-refractivity contribution in [1.29, 1.82) is 0 Å². The van der Waals surface area contributed by atoms with E-state index < -0.39 is 0 Å². The van der Waals surface area contributed by atoms with Gasteiger partial charge in [0.05, 0.1) is 11.0 Å². The van der Waals surface area contributed by atoms with E-state index in [0.717, 1.165) is 34.8 Å². The Hall–Kier alpha value is -2.27. The number of anilines is 2. The van der Waals surface area contributed by atoms with E-state index in [2.05, 4.69) is 27.5 Å². The van der Waals surface area contributed by atoms with Gasteiger partial charge >= 0.3 is 0 Å². The van der Waals surface area contributed by atoms with Crippen molar-refractivity contribution in [3.05, 3.63) is 54.6 Å². The Labute approximate surface area is 148 Å². The Bertz CT molecular complexity index is 786. The summed E-state index contributed by atoms with van der Waals surface area (Å²) < 4.78 is 0. The van der Waals surface area contributed by atoms with Crippen molar-refractivity contribution in [2.45, 2.75) is 24.2 Å². The van der Waals surface area contributed by atoms with Crippen LogP contribution in [-0.4, -0.2) is 23.1 Å². The molecule has 0 amide bonds. The molecule has 0 spiro atoms. The van der Waals surface area contributed by atoms with Crippen LogP contribution in [0.25, 0.3) is 11.0 Å². The van der Waals surface area contributed by atoms with E-state index in [4.69, 9.17) is 5.73 Å². The minimum atomic E-state index is 0.547. The van der Waals surface area contributed by atoms with Gasteiger partial charge in [0.15, 0.2) is 11.6 Å². The highest BCUT2D eigenvalue weighted by molar-refractivity contribution is 7.80. The average Bonchev–Trinajstić information content (AvgIpc) is 2.63. The maximum Gasteiger partial charge on any atom is 0.172 e. The minimum absolute atomic E-state index is 0.547. The number of hydrogen-bond acceptors (Lipinski definition) is 5. The number of para-hydroxylation sites is 2. The lowest BCUT2D eigenvalue weighted by molar-refractivity contribution is 0.574. The highest BCUT2D eigenvalue weighted by Crippen LogP contribution is 2.24. The molecule has 1 fully saturated rings. The summed E-state index contributed by atoms with van der Waals surface area (Å²) in [6, 6.07) is 17.6. The summed E-state index contributed by atoms with van der Waals surface area (Å²) in [5.74, 6) is 1.40. The highest BCUT2D eigenvalue weighted by Gasteiger charge is 2.16. The second-order valence-corrected chi connectivity index (χ2v) is 6.32. The first-order valence-corrected chi connectivity index (χ1v) is 8.70. The van der Waals surface area contributed by atoms with Crippen molar-refractivity contribution >= 4 is 35.3 Å². The molecular formula is C19H22N4S. The van der Waals surface area contributed by atoms with Crippen LogP contribution in [0.15, 0.2) is 59.5 Å². The third-order valence-corrected chi connectivity index (χ3v) is 4.29. The fourth-order valence-corrected chi connectivity index (χ4v) is 2.94. The maximum atomic E-state index is 6.00. The lowest BCUT2D eigenvalue weighted by Gasteiger charge is -2.28. The van der Waals surface area contributed by atoms with E-state index in [1.807, 2.05) is 54.6 Å². The topological polar surface area (TPSA) is 55.0 Å². The summed E-state index contributed by atoms with van der Waals surface area (Å²) >= 11 is 4.08. The van der Waals surface area contributed by atoms with Gasteiger partial charge in [-0.05, 0) is 43.5 Å². The van der Waals surface area contributed by atoms with Gasteiger partial charge in [0, 0.05) is 18.0 Å². The van der Waals surface area contributed by atoms with Crippen molar-refractivity contribution in [2.75, 3.05) is 23.7 Å². The molecule has 1 aromatic heterocycles.